The molecule has 4 N–H and O–H groups in total. The zero-order chi connectivity index (χ0) is 11.1. The fourth-order valence-corrected chi connectivity index (χ4v) is 0.788. The highest BCUT2D eigenvalue weighted by Gasteiger charge is 2.01. The SMILES string of the molecule is CCOC(=O)CNC(N)=Nc1c[nH]nn1. The number of carbonyl (C=O) groups is 1. The highest BCUT2D eigenvalue weighted by molar-refractivity contribution is 5.84. The number of nitrogens with one attached hydrogen (secondary N) is 2. The molecule has 0 saturated heterocycles. The zero-order valence-electron chi connectivity index (χ0n) is 8.23. The molecule has 0 aliphatic heterocycles. The molecule has 0 aromatic carbocycles. The Hall–Kier alpha value is -2.12. The number of hydrogen-bond donors (Lipinski definition) is 3. The van der Waals surface area contributed by atoms with E-state index in [2.05, 4.69) is 30.5 Å². The maximum Gasteiger partial charge on any atom is 0.325 e. The minimum Gasteiger partial charge on any atom is -0.465 e. The van der Waals surface area contributed by atoms with E-state index in [1.54, 1.807) is 6.92 Å². The predicted octanol–water partition coefficient (Wildman–Crippen LogP) is -1.10. The number of esters is 1. The second kappa shape index (κ2) is 5.58. The second-order valence-corrected chi connectivity index (χ2v) is 2.49. The van der Waals surface area contributed by atoms with Crippen LogP contribution in [0.5, 0.6) is 0 Å². The van der Waals surface area contributed by atoms with Gasteiger partial charge in [-0.2, -0.15) is 4.99 Å². The molecule has 0 aliphatic rings. The van der Waals surface area contributed by atoms with Crippen LogP contribution in [0.2, 0.25) is 0 Å². The van der Waals surface area contributed by atoms with Crippen LogP contribution in [-0.4, -0.2) is 40.5 Å². The van der Waals surface area contributed by atoms with Crippen molar-refractivity contribution in [2.24, 2.45) is 10.7 Å². The molecule has 0 unspecified atom stereocenters. The average molecular weight is 212 g/mol. The number of aromatic amines is 1. The van der Waals surface area contributed by atoms with Crippen LogP contribution < -0.4 is 11.1 Å². The van der Waals surface area contributed by atoms with E-state index < -0.39 is 5.97 Å². The summed E-state index contributed by atoms with van der Waals surface area (Å²) in [4.78, 5) is 14.7. The van der Waals surface area contributed by atoms with E-state index in [-0.39, 0.29) is 12.5 Å². The van der Waals surface area contributed by atoms with Gasteiger partial charge >= 0.3 is 5.97 Å². The van der Waals surface area contributed by atoms with Crippen molar-refractivity contribution in [1.29, 1.82) is 0 Å². The Kier molecular flexibility index (Phi) is 4.07. The Labute approximate surface area is 85.9 Å². The number of carbonyl (C=O) groups excluding carboxylic acids is 1. The fraction of sp³-hybridized carbons (Fsp3) is 0.429. The van der Waals surface area contributed by atoms with Crippen molar-refractivity contribution in [3.05, 3.63) is 6.20 Å². The monoisotopic (exact) mass is 212 g/mol. The van der Waals surface area contributed by atoms with E-state index in [1.807, 2.05) is 0 Å². The molecule has 0 radical (unpaired) electrons. The van der Waals surface area contributed by atoms with E-state index in [0.29, 0.717) is 12.4 Å². The summed E-state index contributed by atoms with van der Waals surface area (Å²) >= 11 is 0. The van der Waals surface area contributed by atoms with Crippen molar-refractivity contribution in [2.75, 3.05) is 13.2 Å². The van der Waals surface area contributed by atoms with Gasteiger partial charge in [-0.05, 0) is 6.92 Å². The molecule has 82 valence electrons. The van der Waals surface area contributed by atoms with Crippen LogP contribution >= 0.6 is 0 Å². The Morgan fingerprint density at radius 1 is 1.80 bits per heavy atom. The molecule has 1 aromatic heterocycles. The normalized spacial score (nSPS) is 11.1. The van der Waals surface area contributed by atoms with Crippen LogP contribution in [0.25, 0.3) is 0 Å². The molecule has 0 amide bonds. The number of H-pyrrole nitrogens is 1. The predicted molar refractivity (Wildman–Crippen MR) is 52.3 cm³/mol. The van der Waals surface area contributed by atoms with Gasteiger partial charge in [0.15, 0.2) is 11.8 Å². The average Bonchev–Trinajstić information content (AvgIpc) is 2.68. The van der Waals surface area contributed by atoms with Gasteiger partial charge in [0.25, 0.3) is 0 Å². The van der Waals surface area contributed by atoms with Gasteiger partial charge in [-0.1, -0.05) is 5.21 Å². The number of ether oxygens (including phenoxy) is 1. The molecule has 8 heteroatoms. The van der Waals surface area contributed by atoms with E-state index in [9.17, 15) is 4.79 Å². The van der Waals surface area contributed by atoms with Crippen LogP contribution in [0, 0.1) is 0 Å². The summed E-state index contributed by atoms with van der Waals surface area (Å²) in [5.41, 5.74) is 5.46. The van der Waals surface area contributed by atoms with Crippen LogP contribution in [0.15, 0.2) is 11.2 Å². The molecule has 0 fully saturated rings. The van der Waals surface area contributed by atoms with Gasteiger partial charge in [0.1, 0.15) is 6.54 Å². The van der Waals surface area contributed by atoms with Crippen molar-refractivity contribution in [1.82, 2.24) is 20.7 Å². The standard InChI is InChI=1S/C7H12N6O2/c1-2-15-6(14)4-9-7(8)11-5-3-10-13-12-5/h3H,2,4H2,1H3,(H4,8,9,10,11,12,13). The molecule has 0 bridgehead atoms. The molecule has 0 atom stereocenters. The highest BCUT2D eigenvalue weighted by atomic mass is 16.5. The quantitative estimate of drug-likeness (QED) is 0.331. The molecule has 1 heterocycles. The summed E-state index contributed by atoms with van der Waals surface area (Å²) in [5.74, 6) is 0.0246. The van der Waals surface area contributed by atoms with E-state index in [1.165, 1.54) is 6.20 Å². The van der Waals surface area contributed by atoms with Crippen molar-refractivity contribution in [3.63, 3.8) is 0 Å². The minimum absolute atomic E-state index is 0.0268. The number of guanidine groups is 1. The van der Waals surface area contributed by atoms with Crippen LogP contribution in [0.3, 0.4) is 0 Å². The fourth-order valence-electron chi connectivity index (χ4n) is 0.788. The Morgan fingerprint density at radius 3 is 3.20 bits per heavy atom. The molecule has 0 saturated carbocycles. The second-order valence-electron chi connectivity index (χ2n) is 2.49. The molecule has 0 aliphatic carbocycles. The van der Waals surface area contributed by atoms with E-state index in [0.717, 1.165) is 0 Å². The largest absolute Gasteiger partial charge is 0.465 e. The summed E-state index contributed by atoms with van der Waals surface area (Å²) in [6, 6.07) is 0. The maximum atomic E-state index is 10.9. The van der Waals surface area contributed by atoms with Crippen molar-refractivity contribution >= 4 is 17.7 Å². The lowest BCUT2D eigenvalue weighted by Gasteiger charge is -2.03. The van der Waals surface area contributed by atoms with Crippen LogP contribution in [-0.2, 0) is 9.53 Å². The molecule has 1 aromatic rings. The summed E-state index contributed by atoms with van der Waals surface area (Å²) in [6.45, 7) is 2.03. The third kappa shape index (κ3) is 4.07. The van der Waals surface area contributed by atoms with Gasteiger partial charge in [-0.15, -0.1) is 5.10 Å². The molecule has 1 rings (SSSR count). The van der Waals surface area contributed by atoms with Crippen molar-refractivity contribution in [3.8, 4) is 0 Å². The van der Waals surface area contributed by atoms with Gasteiger partial charge in [-0.3, -0.25) is 9.89 Å². The third-order valence-corrected chi connectivity index (χ3v) is 1.36. The summed E-state index contributed by atoms with van der Waals surface area (Å²) in [7, 11) is 0. The maximum absolute atomic E-state index is 10.9. The number of nitrogens with zero attached hydrogens (tertiary/aromatic N) is 3. The molecular weight excluding hydrogens is 200 g/mol. The number of aliphatic imine (C=N–C) groups is 1. The van der Waals surface area contributed by atoms with Gasteiger partial charge in [0.05, 0.1) is 12.8 Å². The molecule has 0 spiro atoms. The van der Waals surface area contributed by atoms with E-state index in [4.69, 9.17) is 5.73 Å². The molecular formula is C7H12N6O2. The summed E-state index contributed by atoms with van der Waals surface area (Å²) in [5, 5.41) is 12.1. The number of hydrogen-bond acceptors (Lipinski definition) is 5. The van der Waals surface area contributed by atoms with Gasteiger partial charge in [0.2, 0.25) is 0 Å². The molecule has 15 heavy (non-hydrogen) atoms. The Balaban J connectivity index is 2.36. The van der Waals surface area contributed by atoms with Crippen molar-refractivity contribution < 1.29 is 9.53 Å². The number of rotatable bonds is 4. The smallest absolute Gasteiger partial charge is 0.325 e. The third-order valence-electron chi connectivity index (χ3n) is 1.36. The lowest BCUT2D eigenvalue weighted by molar-refractivity contribution is -0.141. The van der Waals surface area contributed by atoms with E-state index >= 15 is 0 Å². The summed E-state index contributed by atoms with van der Waals surface area (Å²) in [6.07, 6.45) is 1.47. The minimum atomic E-state index is -0.393. The van der Waals surface area contributed by atoms with Gasteiger partial charge < -0.3 is 15.8 Å². The van der Waals surface area contributed by atoms with Crippen LogP contribution in [0.4, 0.5) is 5.82 Å². The highest BCUT2D eigenvalue weighted by Crippen LogP contribution is 1.99. The zero-order valence-corrected chi connectivity index (χ0v) is 8.23. The number of nitrogens with two attached hydrogens (primary N) is 1. The Bertz CT molecular complexity index is 333. The molecule has 8 nitrogen and oxygen atoms in total. The number of aromatic nitrogens is 3. The van der Waals surface area contributed by atoms with Crippen molar-refractivity contribution in [2.45, 2.75) is 6.92 Å². The lowest BCUT2D eigenvalue weighted by Crippen LogP contribution is -2.36. The first-order valence-electron chi connectivity index (χ1n) is 4.32. The summed E-state index contributed by atoms with van der Waals surface area (Å²) < 4.78 is 4.68. The van der Waals surface area contributed by atoms with Crippen LogP contribution in [0.1, 0.15) is 6.92 Å². The lowest BCUT2D eigenvalue weighted by atomic mass is 10.6. The first kappa shape index (κ1) is 11.0. The van der Waals surface area contributed by atoms with Gasteiger partial charge in [-0.25, -0.2) is 0 Å². The topological polar surface area (TPSA) is 118 Å². The Morgan fingerprint density at radius 2 is 2.60 bits per heavy atom. The first-order valence-corrected chi connectivity index (χ1v) is 4.32. The van der Waals surface area contributed by atoms with Gasteiger partial charge in [0, 0.05) is 0 Å². The first-order chi connectivity index (χ1) is 7.22.